The van der Waals surface area contributed by atoms with Gasteiger partial charge in [0.15, 0.2) is 0 Å². The number of para-hydroxylation sites is 2. The molecular formula is C22H20N2O4. The Kier molecular flexibility index (Phi) is 4.61. The predicted molar refractivity (Wildman–Crippen MR) is 106 cm³/mol. The fourth-order valence-corrected chi connectivity index (χ4v) is 3.61. The van der Waals surface area contributed by atoms with Crippen LogP contribution in [0.3, 0.4) is 0 Å². The zero-order valence-electron chi connectivity index (χ0n) is 15.7. The van der Waals surface area contributed by atoms with E-state index in [9.17, 15) is 9.59 Å². The normalized spacial score (nSPS) is 13.5. The van der Waals surface area contributed by atoms with Crippen LogP contribution in [0.15, 0.2) is 54.7 Å². The van der Waals surface area contributed by atoms with Crippen LogP contribution < -0.4 is 4.74 Å². The number of H-pyrrole nitrogens is 1. The van der Waals surface area contributed by atoms with Gasteiger partial charge in [-0.05, 0) is 30.2 Å². The molecule has 0 saturated heterocycles. The Morgan fingerprint density at radius 2 is 1.79 bits per heavy atom. The lowest BCUT2D eigenvalue weighted by Gasteiger charge is -2.19. The smallest absolute Gasteiger partial charge is 0.341 e. The second-order valence-corrected chi connectivity index (χ2v) is 6.51. The lowest BCUT2D eigenvalue weighted by Crippen LogP contribution is -2.28. The van der Waals surface area contributed by atoms with Gasteiger partial charge in [0.1, 0.15) is 5.75 Å². The van der Waals surface area contributed by atoms with Crippen molar-refractivity contribution in [3.05, 3.63) is 71.6 Å². The molecule has 0 aliphatic carbocycles. The summed E-state index contributed by atoms with van der Waals surface area (Å²) < 4.78 is 10.3. The number of nitrogens with one attached hydrogen (secondary N) is 1. The molecule has 3 aromatic rings. The number of nitrogens with zero attached hydrogens (tertiary/aromatic N) is 1. The molecule has 0 atom stereocenters. The first-order valence-corrected chi connectivity index (χ1v) is 8.98. The lowest BCUT2D eigenvalue weighted by atomic mass is 10.0. The average Bonchev–Trinajstić information content (AvgIpc) is 3.00. The largest absolute Gasteiger partial charge is 0.496 e. The summed E-state index contributed by atoms with van der Waals surface area (Å²) in [6.07, 6.45) is 2.18. The minimum absolute atomic E-state index is 0.228. The van der Waals surface area contributed by atoms with Crippen LogP contribution in [0.1, 0.15) is 21.6 Å². The number of carbonyl (C=O) groups is 2. The van der Waals surface area contributed by atoms with E-state index in [1.807, 2.05) is 30.3 Å². The van der Waals surface area contributed by atoms with Crippen molar-refractivity contribution < 1.29 is 19.1 Å². The molecule has 0 unspecified atom stereocenters. The number of hydrogen-bond acceptors (Lipinski definition) is 4. The van der Waals surface area contributed by atoms with Gasteiger partial charge in [0, 0.05) is 23.6 Å². The van der Waals surface area contributed by atoms with Gasteiger partial charge in [0.2, 0.25) is 0 Å². The molecule has 1 aliphatic heterocycles. The van der Waals surface area contributed by atoms with E-state index < -0.39 is 5.97 Å². The van der Waals surface area contributed by atoms with Crippen molar-refractivity contribution in [1.29, 1.82) is 0 Å². The fourth-order valence-electron chi connectivity index (χ4n) is 3.61. The number of aromatic nitrogens is 1. The van der Waals surface area contributed by atoms with Gasteiger partial charge in [-0.1, -0.05) is 30.3 Å². The Hall–Kier alpha value is -3.54. The molecule has 0 fully saturated rings. The fraction of sp³-hybridized carbons (Fsp3) is 0.182. The van der Waals surface area contributed by atoms with Crippen molar-refractivity contribution in [3.8, 4) is 5.75 Å². The number of carbonyl (C=O) groups excluding carboxylic acids is 2. The Bertz CT molecular complexity index is 1100. The van der Waals surface area contributed by atoms with Gasteiger partial charge >= 0.3 is 5.97 Å². The summed E-state index contributed by atoms with van der Waals surface area (Å²) in [5.41, 5.74) is 3.42. The van der Waals surface area contributed by atoms with Gasteiger partial charge in [0.25, 0.3) is 5.91 Å². The maximum Gasteiger partial charge on any atom is 0.341 e. The quantitative estimate of drug-likeness (QED) is 0.712. The van der Waals surface area contributed by atoms with Crippen molar-refractivity contribution >= 4 is 28.4 Å². The van der Waals surface area contributed by atoms with E-state index >= 15 is 0 Å². The number of amides is 1. The van der Waals surface area contributed by atoms with Gasteiger partial charge in [-0.25, -0.2) is 4.79 Å². The third-order valence-electron chi connectivity index (χ3n) is 4.97. The number of fused-ring (bicyclic) bond motifs is 3. The number of benzene rings is 2. The standard InChI is InChI=1S/C22H20N2O4/c1-27-19-10-6-4-8-16(19)21(25)24-12-11-15-14-7-3-5-9-18(14)23-20(15)17(13-24)22(26)28-2/h3-10,13,23H,11-12H2,1-2H3. The number of rotatable bonds is 3. The first-order chi connectivity index (χ1) is 13.6. The molecule has 0 saturated carbocycles. The highest BCUT2D eigenvalue weighted by Crippen LogP contribution is 2.32. The number of hydrogen-bond donors (Lipinski definition) is 1. The van der Waals surface area contributed by atoms with E-state index in [1.165, 1.54) is 14.2 Å². The average molecular weight is 376 g/mol. The van der Waals surface area contributed by atoms with Gasteiger partial charge in [0.05, 0.1) is 31.1 Å². The van der Waals surface area contributed by atoms with Crippen LogP contribution in [0.5, 0.6) is 5.75 Å². The van der Waals surface area contributed by atoms with E-state index in [4.69, 9.17) is 9.47 Å². The number of esters is 1. The summed E-state index contributed by atoms with van der Waals surface area (Å²) >= 11 is 0. The van der Waals surface area contributed by atoms with Crippen LogP contribution >= 0.6 is 0 Å². The summed E-state index contributed by atoms with van der Waals surface area (Å²) in [4.78, 5) is 30.5. The summed E-state index contributed by atoms with van der Waals surface area (Å²) in [6, 6.07) is 14.9. The first kappa shape index (κ1) is 17.9. The Labute approximate surface area is 162 Å². The van der Waals surface area contributed by atoms with Crippen molar-refractivity contribution in [2.45, 2.75) is 6.42 Å². The number of ether oxygens (including phenoxy) is 2. The van der Waals surface area contributed by atoms with Crippen LogP contribution in [0.25, 0.3) is 16.5 Å². The Morgan fingerprint density at radius 1 is 1.04 bits per heavy atom. The van der Waals surface area contributed by atoms with Crippen LogP contribution in [-0.4, -0.2) is 42.5 Å². The molecule has 0 spiro atoms. The third-order valence-corrected chi connectivity index (χ3v) is 4.97. The molecule has 1 N–H and O–H groups in total. The third kappa shape index (κ3) is 2.93. The van der Waals surface area contributed by atoms with Crippen LogP contribution in [0, 0.1) is 0 Å². The van der Waals surface area contributed by atoms with Crippen molar-refractivity contribution in [1.82, 2.24) is 9.88 Å². The van der Waals surface area contributed by atoms with Gasteiger partial charge in [-0.15, -0.1) is 0 Å². The molecule has 1 amide bonds. The van der Waals surface area contributed by atoms with Crippen molar-refractivity contribution in [2.75, 3.05) is 20.8 Å². The summed E-state index contributed by atoms with van der Waals surface area (Å²) in [5, 5.41) is 1.04. The molecule has 1 aromatic heterocycles. The van der Waals surface area contributed by atoms with E-state index in [0.717, 1.165) is 16.5 Å². The van der Waals surface area contributed by atoms with E-state index in [1.54, 1.807) is 29.3 Å². The zero-order valence-corrected chi connectivity index (χ0v) is 15.7. The van der Waals surface area contributed by atoms with Crippen molar-refractivity contribution in [3.63, 3.8) is 0 Å². The van der Waals surface area contributed by atoms with E-state index in [0.29, 0.717) is 35.5 Å². The second kappa shape index (κ2) is 7.23. The van der Waals surface area contributed by atoms with Crippen molar-refractivity contribution in [2.24, 2.45) is 0 Å². The molecule has 0 radical (unpaired) electrons. The molecule has 1 aliphatic rings. The molecule has 28 heavy (non-hydrogen) atoms. The van der Waals surface area contributed by atoms with Crippen LogP contribution in [-0.2, 0) is 16.0 Å². The Morgan fingerprint density at radius 3 is 2.57 bits per heavy atom. The predicted octanol–water partition coefficient (Wildman–Crippen LogP) is 3.39. The van der Waals surface area contributed by atoms with Crippen LogP contribution in [0.2, 0.25) is 0 Å². The molecular weight excluding hydrogens is 356 g/mol. The van der Waals surface area contributed by atoms with Gasteiger partial charge < -0.3 is 19.4 Å². The highest BCUT2D eigenvalue weighted by Gasteiger charge is 2.28. The topological polar surface area (TPSA) is 71.6 Å². The maximum absolute atomic E-state index is 13.2. The molecule has 142 valence electrons. The Balaban J connectivity index is 1.81. The van der Waals surface area contributed by atoms with Crippen LogP contribution in [0.4, 0.5) is 0 Å². The molecule has 6 nitrogen and oxygen atoms in total. The molecule has 0 bridgehead atoms. The summed E-state index contributed by atoms with van der Waals surface area (Å²) in [5.74, 6) is -0.227. The second-order valence-electron chi connectivity index (χ2n) is 6.51. The highest BCUT2D eigenvalue weighted by atomic mass is 16.5. The minimum Gasteiger partial charge on any atom is -0.496 e. The minimum atomic E-state index is -0.493. The molecule has 4 rings (SSSR count). The number of methoxy groups -OCH3 is 2. The maximum atomic E-state index is 13.2. The zero-order chi connectivity index (χ0) is 19.7. The molecule has 2 heterocycles. The number of aromatic amines is 1. The van der Waals surface area contributed by atoms with Gasteiger partial charge in [-0.3, -0.25) is 4.79 Å². The first-order valence-electron chi connectivity index (χ1n) is 8.98. The SMILES string of the molecule is COC(=O)C1=CN(C(=O)c2ccccc2OC)CCc2c1[nH]c1ccccc21. The monoisotopic (exact) mass is 376 g/mol. The van der Waals surface area contributed by atoms with E-state index in [2.05, 4.69) is 4.98 Å². The van der Waals surface area contributed by atoms with Gasteiger partial charge in [-0.2, -0.15) is 0 Å². The lowest BCUT2D eigenvalue weighted by molar-refractivity contribution is -0.133. The molecule has 6 heteroatoms. The highest BCUT2D eigenvalue weighted by molar-refractivity contribution is 6.18. The van der Waals surface area contributed by atoms with E-state index in [-0.39, 0.29) is 5.91 Å². The summed E-state index contributed by atoms with van der Waals surface area (Å²) in [7, 11) is 2.87. The molecule has 2 aromatic carbocycles. The summed E-state index contributed by atoms with van der Waals surface area (Å²) in [6.45, 7) is 0.437.